The van der Waals surface area contributed by atoms with Crippen LogP contribution in [0.4, 0.5) is 0 Å². The Labute approximate surface area is 129 Å². The highest BCUT2D eigenvalue weighted by Crippen LogP contribution is 2.34. The maximum absolute atomic E-state index is 11.4. The minimum atomic E-state index is -0.751. The largest absolute Gasteiger partial charge is 0.497 e. The van der Waals surface area contributed by atoms with Crippen LogP contribution in [0.3, 0.4) is 0 Å². The molecule has 0 unspecified atom stereocenters. The van der Waals surface area contributed by atoms with Crippen LogP contribution in [0.15, 0.2) is 18.2 Å². The number of nitrogens with one attached hydrogen (secondary N) is 1. The average Bonchev–Trinajstić information content (AvgIpc) is 2.68. The van der Waals surface area contributed by atoms with Gasteiger partial charge in [0.05, 0.1) is 13.7 Å². The summed E-state index contributed by atoms with van der Waals surface area (Å²) in [5.41, 5.74) is 1.19. The van der Waals surface area contributed by atoms with Gasteiger partial charge >= 0.3 is 0 Å². The molecule has 118 valence electrons. The number of fused-ring (bicyclic) bond motifs is 1. The van der Waals surface area contributed by atoms with E-state index in [2.05, 4.69) is 11.4 Å². The van der Waals surface area contributed by atoms with E-state index in [1.807, 2.05) is 19.1 Å². The number of benzene rings is 1. The van der Waals surface area contributed by atoms with Crippen LogP contribution in [0.1, 0.15) is 37.8 Å². The van der Waals surface area contributed by atoms with Gasteiger partial charge in [-0.15, -0.1) is 0 Å². The number of hydrogen-bond donors (Lipinski definition) is 1. The lowest BCUT2D eigenvalue weighted by molar-refractivity contribution is 0.313. The smallest absolute Gasteiger partial charge is 0.127 e. The number of hydrogen-bond acceptors (Lipinski definition) is 4. The van der Waals surface area contributed by atoms with Gasteiger partial charge in [0, 0.05) is 40.0 Å². The van der Waals surface area contributed by atoms with Crippen LogP contribution in [0, 0.1) is 0 Å². The van der Waals surface area contributed by atoms with E-state index in [1.165, 1.54) is 5.56 Å². The van der Waals surface area contributed by atoms with Crippen LogP contribution in [0.25, 0.3) is 0 Å². The zero-order valence-corrected chi connectivity index (χ0v) is 13.9. The Morgan fingerprint density at radius 1 is 1.52 bits per heavy atom. The summed E-state index contributed by atoms with van der Waals surface area (Å²) < 4.78 is 22.5. The molecule has 1 aliphatic rings. The van der Waals surface area contributed by atoms with Crippen LogP contribution < -0.4 is 14.8 Å². The molecule has 3 atom stereocenters. The number of ether oxygens (including phenoxy) is 2. The fraction of sp³-hybridized carbons (Fsp3) is 0.625. The molecule has 1 aliphatic heterocycles. The first kappa shape index (κ1) is 16.3. The third kappa shape index (κ3) is 4.45. The summed E-state index contributed by atoms with van der Waals surface area (Å²) in [6.45, 7) is 3.65. The lowest BCUT2D eigenvalue weighted by Crippen LogP contribution is -2.25. The quantitative estimate of drug-likeness (QED) is 0.877. The summed E-state index contributed by atoms with van der Waals surface area (Å²) in [5, 5.41) is 3.82. The second-order valence-corrected chi connectivity index (χ2v) is 7.30. The van der Waals surface area contributed by atoms with Gasteiger partial charge in [-0.25, -0.2) is 0 Å². The second kappa shape index (κ2) is 7.80. The van der Waals surface area contributed by atoms with Crippen LogP contribution in [0.2, 0.25) is 0 Å². The molecule has 0 radical (unpaired) electrons. The van der Waals surface area contributed by atoms with Gasteiger partial charge < -0.3 is 14.8 Å². The highest BCUT2D eigenvalue weighted by Gasteiger charge is 2.20. The lowest BCUT2D eigenvalue weighted by Gasteiger charge is -2.19. The predicted molar refractivity (Wildman–Crippen MR) is 86.6 cm³/mol. The zero-order chi connectivity index (χ0) is 15.2. The van der Waals surface area contributed by atoms with Crippen molar-refractivity contribution in [1.29, 1.82) is 0 Å². The summed E-state index contributed by atoms with van der Waals surface area (Å²) in [4.78, 5) is 0. The van der Waals surface area contributed by atoms with Gasteiger partial charge in [0.25, 0.3) is 0 Å². The van der Waals surface area contributed by atoms with E-state index in [4.69, 9.17) is 9.47 Å². The molecule has 0 amide bonds. The summed E-state index contributed by atoms with van der Waals surface area (Å²) >= 11 is 0. The third-order valence-corrected chi connectivity index (χ3v) is 5.37. The fourth-order valence-corrected chi connectivity index (χ4v) is 2.97. The summed E-state index contributed by atoms with van der Waals surface area (Å²) in [7, 11) is 0.916. The molecule has 0 spiro atoms. The summed E-state index contributed by atoms with van der Waals surface area (Å²) in [6, 6.07) is 6.31. The Hall–Kier alpha value is -1.07. The zero-order valence-electron chi connectivity index (χ0n) is 13.1. The Kier molecular flexibility index (Phi) is 6.06. The monoisotopic (exact) mass is 311 g/mol. The molecular formula is C16H25NO3S. The van der Waals surface area contributed by atoms with E-state index < -0.39 is 10.8 Å². The van der Waals surface area contributed by atoms with Gasteiger partial charge in [0.2, 0.25) is 0 Å². The minimum Gasteiger partial charge on any atom is -0.497 e. The molecule has 21 heavy (non-hydrogen) atoms. The maximum atomic E-state index is 11.4. The van der Waals surface area contributed by atoms with Gasteiger partial charge in [-0.05, 0) is 31.9 Å². The number of methoxy groups -OCH3 is 1. The highest BCUT2D eigenvalue weighted by atomic mass is 32.2. The van der Waals surface area contributed by atoms with Crippen LogP contribution in [-0.4, -0.2) is 36.0 Å². The topological polar surface area (TPSA) is 47.6 Å². The SMILES string of the molecule is COc1ccc2c(c1)OCCC[C@@H]2NCC[C@H](C)[S@](C)=O. The van der Waals surface area contributed by atoms with Gasteiger partial charge in [-0.2, -0.15) is 0 Å². The highest BCUT2D eigenvalue weighted by molar-refractivity contribution is 7.84. The normalized spacial score (nSPS) is 20.8. The molecule has 0 aliphatic carbocycles. The van der Waals surface area contributed by atoms with Crippen molar-refractivity contribution in [2.75, 3.05) is 26.5 Å². The molecule has 2 rings (SSSR count). The van der Waals surface area contributed by atoms with E-state index in [9.17, 15) is 4.21 Å². The van der Waals surface area contributed by atoms with E-state index in [0.717, 1.165) is 43.9 Å². The Balaban J connectivity index is 2.02. The molecule has 0 bridgehead atoms. The second-order valence-electron chi connectivity index (χ2n) is 5.50. The van der Waals surface area contributed by atoms with Gasteiger partial charge in [0.1, 0.15) is 11.5 Å². The van der Waals surface area contributed by atoms with E-state index in [1.54, 1.807) is 13.4 Å². The molecule has 5 heteroatoms. The van der Waals surface area contributed by atoms with Crippen LogP contribution >= 0.6 is 0 Å². The molecule has 0 saturated carbocycles. The predicted octanol–water partition coefficient (Wildman–Crippen LogP) is 2.66. The van der Waals surface area contributed by atoms with Crippen molar-refractivity contribution in [2.45, 2.75) is 37.5 Å². The standard InChI is InChI=1S/C16H25NO3S/c1-12(21(3)18)8-9-17-15-5-4-10-20-16-11-13(19-2)6-7-14(15)16/h6-7,11-12,15,17H,4-5,8-10H2,1-3H3/t12-,15-,21-/m0/s1. The number of rotatable bonds is 6. The molecule has 1 aromatic rings. The molecule has 1 heterocycles. The van der Waals surface area contributed by atoms with Crippen LogP contribution in [-0.2, 0) is 10.8 Å². The first-order valence-corrected chi connectivity index (χ1v) is 9.10. The van der Waals surface area contributed by atoms with Crippen molar-refractivity contribution < 1.29 is 13.7 Å². The average molecular weight is 311 g/mol. The summed E-state index contributed by atoms with van der Waals surface area (Å²) in [6.07, 6.45) is 4.78. The van der Waals surface area contributed by atoms with Crippen molar-refractivity contribution in [3.63, 3.8) is 0 Å². The molecule has 1 aromatic carbocycles. The van der Waals surface area contributed by atoms with Crippen LogP contribution in [0.5, 0.6) is 11.5 Å². The molecular weight excluding hydrogens is 286 g/mol. The Bertz CT molecular complexity index is 492. The van der Waals surface area contributed by atoms with Crippen molar-refractivity contribution in [1.82, 2.24) is 5.32 Å². The van der Waals surface area contributed by atoms with E-state index in [-0.39, 0.29) is 5.25 Å². The minimum absolute atomic E-state index is 0.231. The maximum Gasteiger partial charge on any atom is 0.127 e. The first-order chi connectivity index (χ1) is 10.1. The molecule has 4 nitrogen and oxygen atoms in total. The lowest BCUT2D eigenvalue weighted by atomic mass is 10.0. The molecule has 1 N–H and O–H groups in total. The first-order valence-electron chi connectivity index (χ1n) is 7.48. The van der Waals surface area contributed by atoms with Gasteiger partial charge in [-0.1, -0.05) is 13.0 Å². The Morgan fingerprint density at radius 2 is 2.33 bits per heavy atom. The van der Waals surface area contributed by atoms with E-state index in [0.29, 0.717) is 6.04 Å². The van der Waals surface area contributed by atoms with Crippen molar-refractivity contribution in [3.05, 3.63) is 23.8 Å². The fourth-order valence-electron chi connectivity index (χ4n) is 2.52. The van der Waals surface area contributed by atoms with Gasteiger partial charge in [0.15, 0.2) is 0 Å². The summed E-state index contributed by atoms with van der Waals surface area (Å²) in [5.74, 6) is 1.74. The third-order valence-electron chi connectivity index (χ3n) is 4.00. The molecule has 0 saturated heterocycles. The molecule has 0 fully saturated rings. The molecule has 0 aromatic heterocycles. The van der Waals surface area contributed by atoms with Crippen molar-refractivity contribution in [2.24, 2.45) is 0 Å². The van der Waals surface area contributed by atoms with Gasteiger partial charge in [-0.3, -0.25) is 4.21 Å². The van der Waals surface area contributed by atoms with Crippen molar-refractivity contribution >= 4 is 10.8 Å². The Morgan fingerprint density at radius 3 is 3.05 bits per heavy atom. The van der Waals surface area contributed by atoms with E-state index >= 15 is 0 Å². The van der Waals surface area contributed by atoms with Crippen molar-refractivity contribution in [3.8, 4) is 11.5 Å².